The maximum atomic E-state index is 12.1. The van der Waals surface area contributed by atoms with Crippen LogP contribution < -0.4 is 5.32 Å². The molecule has 0 aromatic heterocycles. The first-order chi connectivity index (χ1) is 9.29. The molecule has 0 bridgehead atoms. The number of benzene rings is 1. The summed E-state index contributed by atoms with van der Waals surface area (Å²) in [5.41, 5.74) is -0.285. The molecule has 3 N–H and O–H groups in total. The number of amides is 2. The Morgan fingerprint density at radius 2 is 1.85 bits per heavy atom. The van der Waals surface area contributed by atoms with Gasteiger partial charge in [0.15, 0.2) is 6.04 Å². The van der Waals surface area contributed by atoms with Crippen molar-refractivity contribution >= 4 is 12.0 Å². The molecule has 1 unspecified atom stereocenters. The molecule has 0 aliphatic carbocycles. The minimum Gasteiger partial charge on any atom is -0.479 e. The van der Waals surface area contributed by atoms with Gasteiger partial charge < -0.3 is 20.4 Å². The zero-order valence-electron chi connectivity index (χ0n) is 11.8. The van der Waals surface area contributed by atoms with Crippen LogP contribution in [0.3, 0.4) is 0 Å². The van der Waals surface area contributed by atoms with E-state index < -0.39 is 23.6 Å². The molecule has 0 fully saturated rings. The quantitative estimate of drug-likeness (QED) is 0.756. The van der Waals surface area contributed by atoms with Crippen LogP contribution in [0.5, 0.6) is 0 Å². The fourth-order valence-electron chi connectivity index (χ4n) is 1.53. The van der Waals surface area contributed by atoms with Gasteiger partial charge in [0, 0.05) is 7.05 Å². The average Bonchev–Trinajstić information content (AvgIpc) is 2.44. The summed E-state index contributed by atoms with van der Waals surface area (Å²) in [6.07, 6.45) is 0. The Morgan fingerprint density at radius 3 is 2.30 bits per heavy atom. The summed E-state index contributed by atoms with van der Waals surface area (Å²) in [4.78, 5) is 24.7. The molecular formula is C14H20N2O4. The highest BCUT2D eigenvalue weighted by Crippen LogP contribution is 2.16. The highest BCUT2D eigenvalue weighted by molar-refractivity contribution is 5.83. The number of aliphatic carboxylic acids is 1. The number of carbonyl (C=O) groups excluding carboxylic acids is 1. The van der Waals surface area contributed by atoms with Gasteiger partial charge in [-0.1, -0.05) is 30.3 Å². The molecular weight excluding hydrogens is 260 g/mol. The van der Waals surface area contributed by atoms with Crippen LogP contribution in [0.25, 0.3) is 0 Å². The van der Waals surface area contributed by atoms with Crippen molar-refractivity contribution in [2.75, 3.05) is 13.7 Å². The average molecular weight is 280 g/mol. The van der Waals surface area contributed by atoms with Gasteiger partial charge in [-0.25, -0.2) is 9.59 Å². The zero-order chi connectivity index (χ0) is 15.3. The molecule has 0 saturated heterocycles. The standard InChI is InChI=1S/C14H20N2O4/c1-14(2,9-17)16(3)13(20)15-11(12(18)19)10-7-5-4-6-8-10/h4-8,11,17H,9H2,1-3H3,(H,15,20)(H,18,19). The number of carbonyl (C=O) groups is 2. The van der Waals surface area contributed by atoms with Crippen LogP contribution in [0.2, 0.25) is 0 Å². The third-order valence-electron chi connectivity index (χ3n) is 3.25. The van der Waals surface area contributed by atoms with Crippen LogP contribution in [0.15, 0.2) is 30.3 Å². The van der Waals surface area contributed by atoms with E-state index in [0.29, 0.717) is 5.56 Å². The molecule has 0 saturated carbocycles. The summed E-state index contributed by atoms with van der Waals surface area (Å²) in [6, 6.07) is 6.77. The van der Waals surface area contributed by atoms with Crippen LogP contribution in [0.1, 0.15) is 25.5 Å². The minimum absolute atomic E-state index is 0.222. The van der Waals surface area contributed by atoms with Crippen molar-refractivity contribution < 1.29 is 19.8 Å². The Labute approximate surface area is 118 Å². The summed E-state index contributed by atoms with van der Waals surface area (Å²) in [6.45, 7) is 3.15. The fraction of sp³-hybridized carbons (Fsp3) is 0.429. The van der Waals surface area contributed by atoms with E-state index in [0.717, 1.165) is 0 Å². The largest absolute Gasteiger partial charge is 0.479 e. The van der Waals surface area contributed by atoms with Crippen molar-refractivity contribution in [1.82, 2.24) is 10.2 Å². The molecule has 0 spiro atoms. The minimum atomic E-state index is -1.14. The van der Waals surface area contributed by atoms with E-state index in [4.69, 9.17) is 0 Å². The number of urea groups is 1. The first-order valence-corrected chi connectivity index (χ1v) is 6.22. The monoisotopic (exact) mass is 280 g/mol. The van der Waals surface area contributed by atoms with E-state index in [1.807, 2.05) is 0 Å². The predicted octanol–water partition coefficient (Wildman–Crippen LogP) is 1.22. The Kier molecular flexibility index (Phi) is 5.10. The number of aliphatic hydroxyl groups is 1. The van der Waals surface area contributed by atoms with E-state index >= 15 is 0 Å². The van der Waals surface area contributed by atoms with Gasteiger partial charge in [0.1, 0.15) is 0 Å². The van der Waals surface area contributed by atoms with Crippen LogP contribution >= 0.6 is 0 Å². The van der Waals surface area contributed by atoms with Crippen molar-refractivity contribution in [3.63, 3.8) is 0 Å². The van der Waals surface area contributed by atoms with Crippen LogP contribution in [-0.2, 0) is 4.79 Å². The molecule has 20 heavy (non-hydrogen) atoms. The smallest absolute Gasteiger partial charge is 0.330 e. The van der Waals surface area contributed by atoms with Gasteiger partial charge in [0.05, 0.1) is 12.1 Å². The Hall–Kier alpha value is -2.08. The molecule has 1 atom stereocenters. The van der Waals surface area contributed by atoms with Gasteiger partial charge >= 0.3 is 12.0 Å². The Balaban J connectivity index is 2.88. The number of likely N-dealkylation sites (N-methyl/N-ethyl adjacent to an activating group) is 1. The SMILES string of the molecule is CN(C(=O)NC(C(=O)O)c1ccccc1)C(C)(C)CO. The van der Waals surface area contributed by atoms with E-state index in [1.165, 1.54) is 11.9 Å². The molecule has 6 nitrogen and oxygen atoms in total. The molecule has 1 aromatic carbocycles. The van der Waals surface area contributed by atoms with E-state index in [9.17, 15) is 19.8 Å². The third kappa shape index (κ3) is 3.71. The summed E-state index contributed by atoms with van der Waals surface area (Å²) in [7, 11) is 1.51. The van der Waals surface area contributed by atoms with E-state index in [2.05, 4.69) is 5.32 Å². The lowest BCUT2D eigenvalue weighted by molar-refractivity contribution is -0.139. The normalized spacial score (nSPS) is 12.6. The molecule has 2 amide bonds. The van der Waals surface area contributed by atoms with Gasteiger partial charge in [-0.05, 0) is 19.4 Å². The summed E-state index contributed by atoms with van der Waals surface area (Å²) >= 11 is 0. The van der Waals surface area contributed by atoms with Gasteiger partial charge in [-0.2, -0.15) is 0 Å². The predicted molar refractivity (Wildman–Crippen MR) is 74.3 cm³/mol. The second-order valence-corrected chi connectivity index (χ2v) is 5.16. The van der Waals surface area contributed by atoms with Gasteiger partial charge in [0.25, 0.3) is 0 Å². The number of nitrogens with one attached hydrogen (secondary N) is 1. The van der Waals surface area contributed by atoms with E-state index in [1.54, 1.807) is 44.2 Å². The number of rotatable bonds is 5. The topological polar surface area (TPSA) is 89.9 Å². The number of aliphatic hydroxyl groups excluding tert-OH is 1. The van der Waals surface area contributed by atoms with Crippen molar-refractivity contribution in [2.45, 2.75) is 25.4 Å². The lowest BCUT2D eigenvalue weighted by Gasteiger charge is -2.34. The first kappa shape index (κ1) is 16.0. The molecule has 6 heteroatoms. The number of hydrogen-bond donors (Lipinski definition) is 3. The van der Waals surface area contributed by atoms with Crippen molar-refractivity contribution in [3.05, 3.63) is 35.9 Å². The second kappa shape index (κ2) is 6.38. The van der Waals surface area contributed by atoms with Gasteiger partial charge in [-0.15, -0.1) is 0 Å². The Bertz CT molecular complexity index is 473. The third-order valence-corrected chi connectivity index (χ3v) is 3.25. The van der Waals surface area contributed by atoms with Gasteiger partial charge in [-0.3, -0.25) is 0 Å². The van der Waals surface area contributed by atoms with Crippen LogP contribution in [0, 0.1) is 0 Å². The summed E-state index contributed by atoms with van der Waals surface area (Å²) < 4.78 is 0. The number of carboxylic acid groups (broad SMARTS) is 1. The maximum absolute atomic E-state index is 12.1. The highest BCUT2D eigenvalue weighted by Gasteiger charge is 2.30. The van der Waals surface area contributed by atoms with Crippen molar-refractivity contribution in [2.24, 2.45) is 0 Å². The molecule has 0 aliphatic rings. The zero-order valence-corrected chi connectivity index (χ0v) is 11.8. The summed E-state index contributed by atoms with van der Waals surface area (Å²) in [5.74, 6) is -1.14. The fourth-order valence-corrected chi connectivity index (χ4v) is 1.53. The molecule has 1 rings (SSSR count). The Morgan fingerprint density at radius 1 is 1.30 bits per heavy atom. The molecule has 0 heterocycles. The lowest BCUT2D eigenvalue weighted by atomic mass is 10.1. The number of carboxylic acids is 1. The second-order valence-electron chi connectivity index (χ2n) is 5.16. The van der Waals surface area contributed by atoms with Crippen molar-refractivity contribution in [1.29, 1.82) is 0 Å². The molecule has 110 valence electrons. The lowest BCUT2D eigenvalue weighted by Crippen LogP contribution is -2.53. The van der Waals surface area contributed by atoms with Crippen LogP contribution in [-0.4, -0.2) is 46.3 Å². The van der Waals surface area contributed by atoms with Crippen LogP contribution in [0.4, 0.5) is 4.79 Å². The molecule has 1 aromatic rings. The maximum Gasteiger partial charge on any atom is 0.330 e. The number of nitrogens with zero attached hydrogens (tertiary/aromatic N) is 1. The summed E-state index contributed by atoms with van der Waals surface area (Å²) in [5, 5.41) is 20.9. The van der Waals surface area contributed by atoms with Crippen molar-refractivity contribution in [3.8, 4) is 0 Å². The molecule has 0 aliphatic heterocycles. The highest BCUT2D eigenvalue weighted by atomic mass is 16.4. The van der Waals surface area contributed by atoms with Gasteiger partial charge in [0.2, 0.25) is 0 Å². The first-order valence-electron chi connectivity index (χ1n) is 6.22. The van der Waals surface area contributed by atoms with E-state index in [-0.39, 0.29) is 6.61 Å². The number of hydrogen-bond acceptors (Lipinski definition) is 3. The molecule has 0 radical (unpaired) electrons.